The fraction of sp³-hybridized carbons (Fsp3) is 0.500. The summed E-state index contributed by atoms with van der Waals surface area (Å²) in [4.78, 5) is 0. The highest BCUT2D eigenvalue weighted by Gasteiger charge is 2.42. The quantitative estimate of drug-likeness (QED) is 0.773. The third-order valence-corrected chi connectivity index (χ3v) is 2.81. The van der Waals surface area contributed by atoms with E-state index in [0.717, 1.165) is 12.8 Å². The first kappa shape index (κ1) is 9.69. The van der Waals surface area contributed by atoms with Gasteiger partial charge in [0.25, 0.3) is 0 Å². The molecule has 0 atom stereocenters. The molecule has 0 heterocycles. The maximum Gasteiger partial charge on any atom is 0.0717 e. The molecular formula is C12H16O2. The summed E-state index contributed by atoms with van der Waals surface area (Å²) in [6.07, 6.45) is 2.22. The Kier molecular flexibility index (Phi) is 2.85. The summed E-state index contributed by atoms with van der Waals surface area (Å²) in [5.41, 5.74) is 1.30. The van der Waals surface area contributed by atoms with E-state index in [4.69, 9.17) is 9.84 Å². The largest absolute Gasteiger partial charge is 0.396 e. The van der Waals surface area contributed by atoms with E-state index in [1.54, 1.807) is 0 Å². The second-order valence-electron chi connectivity index (χ2n) is 4.14. The van der Waals surface area contributed by atoms with Gasteiger partial charge in [-0.2, -0.15) is 0 Å². The standard InChI is InChI=1S/C12H16O2/c13-9-12(6-7-12)10-14-8-11-4-2-1-3-5-11/h1-5,13H,6-10H2. The van der Waals surface area contributed by atoms with Crippen molar-refractivity contribution in [3.8, 4) is 0 Å². The monoisotopic (exact) mass is 192 g/mol. The summed E-state index contributed by atoms with van der Waals surface area (Å²) < 4.78 is 5.58. The highest BCUT2D eigenvalue weighted by molar-refractivity contribution is 5.13. The lowest BCUT2D eigenvalue weighted by molar-refractivity contribution is 0.0515. The lowest BCUT2D eigenvalue weighted by atomic mass is 10.1. The van der Waals surface area contributed by atoms with Crippen molar-refractivity contribution in [2.24, 2.45) is 5.41 Å². The molecule has 1 aromatic carbocycles. The van der Waals surface area contributed by atoms with Gasteiger partial charge in [-0.3, -0.25) is 0 Å². The summed E-state index contributed by atoms with van der Waals surface area (Å²) in [6.45, 7) is 1.61. The van der Waals surface area contributed by atoms with Gasteiger partial charge in [-0.25, -0.2) is 0 Å². The molecule has 1 fully saturated rings. The molecule has 0 aliphatic heterocycles. The van der Waals surface area contributed by atoms with Crippen LogP contribution in [0.3, 0.4) is 0 Å². The molecule has 2 rings (SSSR count). The van der Waals surface area contributed by atoms with Crippen LogP contribution in [0.15, 0.2) is 30.3 Å². The van der Waals surface area contributed by atoms with Crippen LogP contribution in [0.1, 0.15) is 18.4 Å². The highest BCUT2D eigenvalue weighted by Crippen LogP contribution is 2.45. The molecule has 0 bridgehead atoms. The van der Waals surface area contributed by atoms with Gasteiger partial charge in [0.05, 0.1) is 19.8 Å². The molecule has 0 aromatic heterocycles. The van der Waals surface area contributed by atoms with E-state index in [9.17, 15) is 0 Å². The van der Waals surface area contributed by atoms with Crippen molar-refractivity contribution in [2.45, 2.75) is 19.4 Å². The molecule has 1 aliphatic rings. The fourth-order valence-corrected chi connectivity index (χ4v) is 1.48. The Hall–Kier alpha value is -0.860. The average Bonchev–Trinajstić information content (AvgIpc) is 3.00. The predicted octanol–water partition coefficient (Wildman–Crippen LogP) is 1.98. The summed E-state index contributed by atoms with van der Waals surface area (Å²) in [7, 11) is 0. The molecular weight excluding hydrogens is 176 g/mol. The van der Waals surface area contributed by atoms with E-state index < -0.39 is 0 Å². The van der Waals surface area contributed by atoms with E-state index in [-0.39, 0.29) is 12.0 Å². The third-order valence-electron chi connectivity index (χ3n) is 2.81. The van der Waals surface area contributed by atoms with Gasteiger partial charge in [0.2, 0.25) is 0 Å². The molecule has 0 saturated heterocycles. The lowest BCUT2D eigenvalue weighted by Crippen LogP contribution is -2.14. The Morgan fingerprint density at radius 1 is 1.21 bits per heavy atom. The zero-order valence-corrected chi connectivity index (χ0v) is 8.28. The molecule has 1 aromatic rings. The van der Waals surface area contributed by atoms with Crippen molar-refractivity contribution in [2.75, 3.05) is 13.2 Å². The van der Waals surface area contributed by atoms with Crippen LogP contribution in [-0.4, -0.2) is 18.3 Å². The van der Waals surface area contributed by atoms with Gasteiger partial charge >= 0.3 is 0 Å². The van der Waals surface area contributed by atoms with Crippen molar-refractivity contribution >= 4 is 0 Å². The molecule has 1 N–H and O–H groups in total. The second kappa shape index (κ2) is 4.11. The number of hydrogen-bond acceptors (Lipinski definition) is 2. The molecule has 76 valence electrons. The molecule has 0 spiro atoms. The number of ether oxygens (including phenoxy) is 1. The minimum absolute atomic E-state index is 0.106. The zero-order valence-electron chi connectivity index (χ0n) is 8.28. The van der Waals surface area contributed by atoms with Crippen LogP contribution in [0.25, 0.3) is 0 Å². The van der Waals surface area contributed by atoms with Gasteiger partial charge in [-0.1, -0.05) is 30.3 Å². The summed E-state index contributed by atoms with van der Waals surface area (Å²) >= 11 is 0. The molecule has 0 unspecified atom stereocenters. The maximum absolute atomic E-state index is 9.07. The van der Waals surface area contributed by atoms with Crippen LogP contribution in [0.4, 0.5) is 0 Å². The summed E-state index contributed by atoms with van der Waals surface area (Å²) in [5, 5.41) is 9.07. The van der Waals surface area contributed by atoms with E-state index in [0.29, 0.717) is 13.2 Å². The Bertz CT molecular complexity index is 278. The highest BCUT2D eigenvalue weighted by atomic mass is 16.5. The van der Waals surface area contributed by atoms with E-state index in [2.05, 4.69) is 12.1 Å². The molecule has 1 aliphatic carbocycles. The normalized spacial score (nSPS) is 18.1. The van der Waals surface area contributed by atoms with Crippen LogP contribution < -0.4 is 0 Å². The van der Waals surface area contributed by atoms with E-state index >= 15 is 0 Å². The Morgan fingerprint density at radius 2 is 1.93 bits per heavy atom. The molecule has 2 nitrogen and oxygen atoms in total. The summed E-state index contributed by atoms with van der Waals surface area (Å²) in [5.74, 6) is 0. The van der Waals surface area contributed by atoms with Gasteiger partial charge in [0.1, 0.15) is 0 Å². The van der Waals surface area contributed by atoms with Crippen molar-refractivity contribution in [3.05, 3.63) is 35.9 Å². The van der Waals surface area contributed by atoms with E-state index in [1.807, 2.05) is 18.2 Å². The Morgan fingerprint density at radius 3 is 2.50 bits per heavy atom. The smallest absolute Gasteiger partial charge is 0.0717 e. The Balaban J connectivity index is 1.73. The number of benzene rings is 1. The van der Waals surface area contributed by atoms with Gasteiger partial charge in [0, 0.05) is 5.41 Å². The molecule has 14 heavy (non-hydrogen) atoms. The molecule has 1 saturated carbocycles. The first-order valence-corrected chi connectivity index (χ1v) is 5.07. The SMILES string of the molecule is OCC1(COCc2ccccc2)CC1. The van der Waals surface area contributed by atoms with Crippen LogP contribution in [-0.2, 0) is 11.3 Å². The van der Waals surface area contributed by atoms with Gasteiger partial charge < -0.3 is 9.84 Å². The van der Waals surface area contributed by atoms with Crippen molar-refractivity contribution < 1.29 is 9.84 Å². The minimum Gasteiger partial charge on any atom is -0.396 e. The third kappa shape index (κ3) is 2.34. The van der Waals surface area contributed by atoms with Crippen molar-refractivity contribution in [3.63, 3.8) is 0 Å². The number of aliphatic hydroxyl groups excluding tert-OH is 1. The first-order valence-electron chi connectivity index (χ1n) is 5.07. The van der Waals surface area contributed by atoms with Gasteiger partial charge in [0.15, 0.2) is 0 Å². The topological polar surface area (TPSA) is 29.5 Å². The average molecular weight is 192 g/mol. The molecule has 0 radical (unpaired) electrons. The second-order valence-corrected chi connectivity index (χ2v) is 4.14. The Labute approximate surface area is 84.5 Å². The first-order chi connectivity index (χ1) is 6.85. The van der Waals surface area contributed by atoms with Crippen LogP contribution in [0.5, 0.6) is 0 Å². The number of aliphatic hydroxyl groups is 1. The predicted molar refractivity (Wildman–Crippen MR) is 54.9 cm³/mol. The van der Waals surface area contributed by atoms with Crippen molar-refractivity contribution in [1.29, 1.82) is 0 Å². The maximum atomic E-state index is 9.07. The van der Waals surface area contributed by atoms with Crippen LogP contribution in [0.2, 0.25) is 0 Å². The van der Waals surface area contributed by atoms with Crippen molar-refractivity contribution in [1.82, 2.24) is 0 Å². The number of rotatable bonds is 5. The van der Waals surface area contributed by atoms with Crippen LogP contribution >= 0.6 is 0 Å². The lowest BCUT2D eigenvalue weighted by Gasteiger charge is -2.11. The van der Waals surface area contributed by atoms with E-state index in [1.165, 1.54) is 5.56 Å². The molecule has 2 heteroatoms. The minimum atomic E-state index is 0.106. The van der Waals surface area contributed by atoms with Gasteiger partial charge in [-0.05, 0) is 18.4 Å². The van der Waals surface area contributed by atoms with Gasteiger partial charge in [-0.15, -0.1) is 0 Å². The van der Waals surface area contributed by atoms with Crippen LogP contribution in [0, 0.1) is 5.41 Å². The zero-order chi connectivity index (χ0) is 9.86. The molecule has 0 amide bonds. The summed E-state index contributed by atoms with van der Waals surface area (Å²) in [6, 6.07) is 10.1. The fourth-order valence-electron chi connectivity index (χ4n) is 1.48. The number of hydrogen-bond donors (Lipinski definition) is 1.